The molecule has 3 heterocycles. The Bertz CT molecular complexity index is 1960. The Morgan fingerprint density at radius 2 is 1.34 bits per heavy atom. The van der Waals surface area contributed by atoms with Crippen molar-refractivity contribution >= 4 is 21.4 Å². The molecule has 3 N–H and O–H groups in total. The lowest BCUT2D eigenvalue weighted by molar-refractivity contribution is -0.0426. The monoisotopic (exact) mass is 703 g/mol. The number of ether oxygens (including phenoxy) is 3. The summed E-state index contributed by atoms with van der Waals surface area (Å²) in [5.41, 5.74) is 3.70. The second-order valence-corrected chi connectivity index (χ2v) is 13.0. The lowest BCUT2D eigenvalue weighted by Gasteiger charge is -2.38. The molecular weight excluding hydrogens is 662 g/mol. The van der Waals surface area contributed by atoms with E-state index in [2.05, 4.69) is 72.6 Å². The normalized spacial score (nSPS) is 18.5. The number of phenols is 1. The number of aromatic hydroxyl groups is 1. The number of methoxy groups -OCH3 is 2. The van der Waals surface area contributed by atoms with Crippen LogP contribution in [0.5, 0.6) is 17.2 Å². The van der Waals surface area contributed by atoms with Gasteiger partial charge >= 0.3 is 10.4 Å². The highest BCUT2D eigenvalue weighted by Crippen LogP contribution is 2.39. The quantitative estimate of drug-likeness (QED) is 0.151. The van der Waals surface area contributed by atoms with Crippen LogP contribution in [0.4, 0.5) is 0 Å². The molecule has 2 fully saturated rings. The third-order valence-electron chi connectivity index (χ3n) is 9.07. The summed E-state index contributed by atoms with van der Waals surface area (Å²) in [5.74, 6) is 0.784. The summed E-state index contributed by atoms with van der Waals surface area (Å²) < 4.78 is 54.0. The summed E-state index contributed by atoms with van der Waals surface area (Å²) in [5, 5.41) is 10.1. The van der Waals surface area contributed by atoms with Crippen LogP contribution >= 0.6 is 0 Å². The van der Waals surface area contributed by atoms with Crippen molar-refractivity contribution in [2.45, 2.75) is 50.0 Å². The first kappa shape index (κ1) is 36.6. The van der Waals surface area contributed by atoms with E-state index >= 15 is 0 Å². The van der Waals surface area contributed by atoms with Gasteiger partial charge in [-0.05, 0) is 73.7 Å². The Morgan fingerprint density at radius 1 is 0.800 bits per heavy atom. The first-order valence-electron chi connectivity index (χ1n) is 16.1. The Balaban J connectivity index is 0.000000172. The third-order valence-corrected chi connectivity index (χ3v) is 9.07. The van der Waals surface area contributed by atoms with Gasteiger partial charge in [-0.1, -0.05) is 72.8 Å². The molecule has 264 valence electrons. The average Bonchev–Trinajstić information content (AvgIpc) is 3.30. The molecule has 2 atom stereocenters. The van der Waals surface area contributed by atoms with E-state index in [-0.39, 0.29) is 28.6 Å². The Morgan fingerprint density at radius 3 is 1.84 bits per heavy atom. The van der Waals surface area contributed by atoms with Gasteiger partial charge in [-0.25, -0.2) is 0 Å². The number of benzene rings is 4. The van der Waals surface area contributed by atoms with E-state index in [1.54, 1.807) is 31.4 Å². The van der Waals surface area contributed by atoms with Crippen molar-refractivity contribution in [3.63, 3.8) is 0 Å². The van der Waals surface area contributed by atoms with E-state index in [0.717, 1.165) is 5.56 Å². The van der Waals surface area contributed by atoms with Crippen molar-refractivity contribution in [1.29, 1.82) is 0 Å². The maximum absolute atomic E-state index is 12.6. The van der Waals surface area contributed by atoms with Crippen molar-refractivity contribution in [1.82, 2.24) is 4.90 Å². The summed E-state index contributed by atoms with van der Waals surface area (Å²) in [6.45, 7) is 0. The topological polar surface area (TPSA) is 156 Å². The van der Waals surface area contributed by atoms with Gasteiger partial charge < -0.3 is 28.6 Å². The van der Waals surface area contributed by atoms with Gasteiger partial charge in [0.15, 0.2) is 11.3 Å². The number of fused-ring (bicyclic) bond motifs is 3. The van der Waals surface area contributed by atoms with Crippen LogP contribution in [0.3, 0.4) is 0 Å². The van der Waals surface area contributed by atoms with Gasteiger partial charge in [0, 0.05) is 12.1 Å². The predicted molar refractivity (Wildman–Crippen MR) is 190 cm³/mol. The zero-order valence-electron chi connectivity index (χ0n) is 28.0. The molecule has 11 nitrogen and oxygen atoms in total. The number of hydrogen-bond acceptors (Lipinski definition) is 9. The molecule has 5 aromatic rings. The standard InChI is InChI=1S/C21H25NO.C17H14O5.H2O4S/c1-22-18-12-13-19(22)15-20(14-18)23-21(16-8-4-2-5-9-16)17-10-6-3-7-11-17;1-20-11-5-3-10(4-6-11)13-9-22-16-12(15(13)19)7-8-14(18)17(16)21-2;1-5(2,3)4/h2-11,18-21H,12-15H2,1H3;3-9,18H,1-2H3;(H2,1,2,3,4). The molecule has 0 radical (unpaired) electrons. The summed E-state index contributed by atoms with van der Waals surface area (Å²) >= 11 is 0. The van der Waals surface area contributed by atoms with E-state index < -0.39 is 10.4 Å². The summed E-state index contributed by atoms with van der Waals surface area (Å²) in [7, 11) is 0.606. The van der Waals surface area contributed by atoms with Crippen LogP contribution in [-0.4, -0.2) is 67.0 Å². The minimum atomic E-state index is -4.67. The van der Waals surface area contributed by atoms with Crippen LogP contribution < -0.4 is 14.9 Å². The number of piperidine rings is 1. The maximum Gasteiger partial charge on any atom is 0.394 e. The van der Waals surface area contributed by atoms with Crippen LogP contribution in [0.2, 0.25) is 0 Å². The highest BCUT2D eigenvalue weighted by molar-refractivity contribution is 7.79. The fourth-order valence-corrected chi connectivity index (χ4v) is 6.60. The van der Waals surface area contributed by atoms with Gasteiger partial charge in [0.2, 0.25) is 11.2 Å². The molecule has 0 saturated carbocycles. The van der Waals surface area contributed by atoms with Gasteiger partial charge in [0.25, 0.3) is 0 Å². The average molecular weight is 704 g/mol. The van der Waals surface area contributed by atoms with Crippen LogP contribution in [0.25, 0.3) is 22.1 Å². The van der Waals surface area contributed by atoms with E-state index in [0.29, 0.717) is 34.9 Å². The lowest BCUT2D eigenvalue weighted by Crippen LogP contribution is -2.43. The highest BCUT2D eigenvalue weighted by atomic mass is 32.3. The van der Waals surface area contributed by atoms with Crippen LogP contribution in [0.15, 0.2) is 113 Å². The van der Waals surface area contributed by atoms with Crippen molar-refractivity contribution in [2.75, 3.05) is 21.3 Å². The second-order valence-electron chi connectivity index (χ2n) is 12.1. The Hall–Kier alpha value is -4.72. The molecule has 2 saturated heterocycles. The van der Waals surface area contributed by atoms with Gasteiger partial charge in [-0.3, -0.25) is 13.9 Å². The zero-order chi connectivity index (χ0) is 35.8. The van der Waals surface area contributed by atoms with Crippen LogP contribution in [0.1, 0.15) is 42.9 Å². The molecule has 4 aromatic carbocycles. The fourth-order valence-electron chi connectivity index (χ4n) is 6.60. The van der Waals surface area contributed by atoms with Crippen molar-refractivity contribution in [3.05, 3.63) is 125 Å². The van der Waals surface area contributed by atoms with Crippen molar-refractivity contribution in [2.24, 2.45) is 0 Å². The van der Waals surface area contributed by atoms with E-state index in [9.17, 15) is 9.90 Å². The first-order valence-corrected chi connectivity index (χ1v) is 17.5. The van der Waals surface area contributed by atoms with Gasteiger partial charge in [-0.2, -0.15) is 8.42 Å². The molecule has 12 heteroatoms. The summed E-state index contributed by atoms with van der Waals surface area (Å²) in [6.07, 6.45) is 6.80. The number of hydrogen-bond donors (Lipinski definition) is 3. The minimum absolute atomic E-state index is 0.0465. The molecule has 2 aliphatic rings. The van der Waals surface area contributed by atoms with Crippen molar-refractivity contribution in [3.8, 4) is 28.4 Å². The molecule has 0 aliphatic carbocycles. The molecule has 1 aromatic heterocycles. The molecule has 0 amide bonds. The fraction of sp³-hybridized carbons (Fsp3) is 0.289. The highest BCUT2D eigenvalue weighted by Gasteiger charge is 2.39. The van der Waals surface area contributed by atoms with Gasteiger partial charge in [0.1, 0.15) is 18.1 Å². The predicted octanol–water partition coefficient (Wildman–Crippen LogP) is 6.95. The lowest BCUT2D eigenvalue weighted by atomic mass is 9.97. The van der Waals surface area contributed by atoms with Crippen molar-refractivity contribution < 1.29 is 41.3 Å². The Labute approximate surface area is 291 Å². The number of phenolic OH excluding ortho intramolecular Hbond substituents is 1. The zero-order valence-corrected chi connectivity index (χ0v) is 28.8. The first-order chi connectivity index (χ1) is 24.0. The molecule has 7 rings (SSSR count). The van der Waals surface area contributed by atoms with E-state index in [1.807, 2.05) is 0 Å². The molecule has 50 heavy (non-hydrogen) atoms. The molecule has 2 aliphatic heterocycles. The minimum Gasteiger partial charge on any atom is -0.504 e. The van der Waals surface area contributed by atoms with Gasteiger partial charge in [0.05, 0.1) is 31.3 Å². The SMILES string of the molecule is CN1C2CCC1CC(OC(c1ccccc1)c1ccccc1)C2.COc1ccc(-c2coc3c(OC)c(O)ccc3c2=O)cc1.O=S(=O)(O)O. The Kier molecular flexibility index (Phi) is 11.9. The maximum atomic E-state index is 12.6. The second kappa shape index (κ2) is 16.3. The summed E-state index contributed by atoms with van der Waals surface area (Å²) in [4.78, 5) is 15.2. The van der Waals surface area contributed by atoms with E-state index in [4.69, 9.17) is 36.2 Å². The number of rotatable bonds is 7. The third kappa shape index (κ3) is 9.09. The molecule has 0 spiro atoms. The van der Waals surface area contributed by atoms with Crippen LogP contribution in [-0.2, 0) is 15.1 Å². The molecular formula is C38H41NO10S. The summed E-state index contributed by atoms with van der Waals surface area (Å²) in [6, 6.07) is 32.8. The largest absolute Gasteiger partial charge is 0.504 e. The smallest absolute Gasteiger partial charge is 0.394 e. The van der Waals surface area contributed by atoms with E-state index in [1.165, 1.54) is 62.3 Å². The van der Waals surface area contributed by atoms with Gasteiger partial charge in [-0.15, -0.1) is 0 Å². The number of nitrogens with zero attached hydrogens (tertiary/aromatic N) is 1. The van der Waals surface area contributed by atoms with Crippen LogP contribution in [0, 0.1) is 0 Å². The molecule has 2 bridgehead atoms. The molecule has 2 unspecified atom stereocenters.